The van der Waals surface area contributed by atoms with E-state index >= 15 is 0 Å². The summed E-state index contributed by atoms with van der Waals surface area (Å²) in [6, 6.07) is 7.90. The summed E-state index contributed by atoms with van der Waals surface area (Å²) in [7, 11) is 0. The summed E-state index contributed by atoms with van der Waals surface area (Å²) in [4.78, 5) is 5.52. The molecule has 0 radical (unpaired) electrons. The second-order valence-corrected chi connectivity index (χ2v) is 7.01. The Morgan fingerprint density at radius 2 is 2.20 bits per heavy atom. The minimum absolute atomic E-state index is 0.169. The van der Waals surface area contributed by atoms with Gasteiger partial charge in [0.05, 0.1) is 11.8 Å². The molecule has 0 aliphatic heterocycles. The van der Waals surface area contributed by atoms with E-state index in [1.165, 1.54) is 0 Å². The van der Waals surface area contributed by atoms with Gasteiger partial charge < -0.3 is 10.3 Å². The quantitative estimate of drug-likeness (QED) is 0.742. The van der Waals surface area contributed by atoms with Gasteiger partial charge in [-0.25, -0.2) is 0 Å². The van der Waals surface area contributed by atoms with Crippen LogP contribution in [-0.2, 0) is 5.75 Å². The summed E-state index contributed by atoms with van der Waals surface area (Å²) in [5.41, 5.74) is 6.00. The Bertz CT molecular complexity index is 550. The van der Waals surface area contributed by atoms with E-state index in [1.54, 1.807) is 23.5 Å². The minimum atomic E-state index is -0.169. The lowest BCUT2D eigenvalue weighted by atomic mass is 10.2. The lowest BCUT2D eigenvalue weighted by Crippen LogP contribution is -2.11. The topological polar surface area (TPSA) is 64.9 Å². The Balaban J connectivity index is 1.91. The van der Waals surface area contributed by atoms with Crippen LogP contribution in [0.2, 0.25) is 0 Å². The highest BCUT2D eigenvalue weighted by molar-refractivity contribution is 9.10. The van der Waals surface area contributed by atoms with Crippen LogP contribution < -0.4 is 5.73 Å². The molecule has 2 aromatic rings. The maximum absolute atomic E-state index is 6.00. The van der Waals surface area contributed by atoms with Gasteiger partial charge in [-0.3, -0.25) is 0 Å². The molecular weight excluding hydrogens is 358 g/mol. The molecule has 4 nitrogen and oxygen atoms in total. The van der Waals surface area contributed by atoms with Crippen molar-refractivity contribution >= 4 is 39.5 Å². The average molecular weight is 374 g/mol. The smallest absolute Gasteiger partial charge is 0.243 e. The minimum Gasteiger partial charge on any atom is -0.338 e. The molecule has 1 heterocycles. The summed E-state index contributed by atoms with van der Waals surface area (Å²) >= 11 is 6.95. The van der Waals surface area contributed by atoms with Crippen molar-refractivity contribution in [3.8, 4) is 0 Å². The van der Waals surface area contributed by atoms with Crippen molar-refractivity contribution in [3.63, 3.8) is 0 Å². The van der Waals surface area contributed by atoms with Gasteiger partial charge >= 0.3 is 0 Å². The Morgan fingerprint density at radius 3 is 2.95 bits per heavy atom. The fourth-order valence-corrected chi connectivity index (χ4v) is 3.45. The summed E-state index contributed by atoms with van der Waals surface area (Å²) in [6.07, 6.45) is 2.90. The van der Waals surface area contributed by atoms with Gasteiger partial charge in [0, 0.05) is 9.37 Å². The van der Waals surface area contributed by atoms with Crippen molar-refractivity contribution < 1.29 is 4.52 Å². The first-order chi connectivity index (χ1) is 9.70. The number of halogens is 1. The van der Waals surface area contributed by atoms with Crippen molar-refractivity contribution in [1.29, 1.82) is 0 Å². The Labute approximate surface area is 135 Å². The first-order valence-electron chi connectivity index (χ1n) is 6.15. The van der Waals surface area contributed by atoms with Crippen LogP contribution >= 0.6 is 39.5 Å². The largest absolute Gasteiger partial charge is 0.338 e. The summed E-state index contributed by atoms with van der Waals surface area (Å²) in [5.74, 6) is 2.87. The number of nitrogens with two attached hydrogens (primary N) is 1. The van der Waals surface area contributed by atoms with Crippen LogP contribution in [0.15, 0.2) is 38.2 Å². The normalized spacial score (nSPS) is 12.6. The highest BCUT2D eigenvalue weighted by Crippen LogP contribution is 2.29. The molecular formula is C13H16BrN3OS2. The predicted molar refractivity (Wildman–Crippen MR) is 87.9 cm³/mol. The first-order valence-corrected chi connectivity index (χ1v) is 9.32. The number of aromatic nitrogens is 2. The molecule has 0 fully saturated rings. The number of hydrogen-bond donors (Lipinski definition) is 1. The van der Waals surface area contributed by atoms with Gasteiger partial charge in [0.15, 0.2) is 5.82 Å². The molecule has 1 aromatic carbocycles. The standard InChI is InChI=1S/C13H16BrN3OS2/c1-19-7-6-10(15)13-16-12(17-18-13)8-20-11-5-3-2-4-9(11)14/h2-5,10H,6-8,15H2,1H3. The van der Waals surface area contributed by atoms with Crippen LogP contribution in [0.5, 0.6) is 0 Å². The third kappa shape index (κ3) is 4.51. The van der Waals surface area contributed by atoms with Crippen molar-refractivity contribution in [2.24, 2.45) is 5.73 Å². The van der Waals surface area contributed by atoms with Gasteiger partial charge in [-0.05, 0) is 46.5 Å². The molecule has 20 heavy (non-hydrogen) atoms. The van der Waals surface area contributed by atoms with Crippen LogP contribution in [0, 0.1) is 0 Å². The van der Waals surface area contributed by atoms with Gasteiger partial charge in [-0.2, -0.15) is 16.7 Å². The molecule has 1 atom stereocenters. The predicted octanol–water partition coefficient (Wildman–Crippen LogP) is 3.88. The second kappa shape index (κ2) is 8.07. The second-order valence-electron chi connectivity index (χ2n) is 4.16. The highest BCUT2D eigenvalue weighted by atomic mass is 79.9. The fourth-order valence-electron chi connectivity index (χ4n) is 1.55. The van der Waals surface area contributed by atoms with E-state index in [9.17, 15) is 0 Å². The molecule has 108 valence electrons. The van der Waals surface area contributed by atoms with Gasteiger partial charge in [-0.1, -0.05) is 17.3 Å². The van der Waals surface area contributed by atoms with Gasteiger partial charge in [0.2, 0.25) is 5.89 Å². The molecule has 0 bridgehead atoms. The number of hydrogen-bond acceptors (Lipinski definition) is 6. The molecule has 0 saturated heterocycles. The molecule has 2 rings (SSSR count). The third-order valence-electron chi connectivity index (χ3n) is 2.63. The first kappa shape index (κ1) is 15.9. The van der Waals surface area contributed by atoms with E-state index in [0.29, 0.717) is 17.5 Å². The van der Waals surface area contributed by atoms with Crippen LogP contribution in [0.3, 0.4) is 0 Å². The summed E-state index contributed by atoms with van der Waals surface area (Å²) in [6.45, 7) is 0. The molecule has 1 unspecified atom stereocenters. The zero-order valence-corrected chi connectivity index (χ0v) is 14.3. The Kier molecular flexibility index (Phi) is 6.41. The van der Waals surface area contributed by atoms with E-state index in [1.807, 2.05) is 18.2 Å². The molecule has 0 spiro atoms. The Hall–Kier alpha value is -0.500. The van der Waals surface area contributed by atoms with E-state index in [4.69, 9.17) is 10.3 Å². The lowest BCUT2D eigenvalue weighted by molar-refractivity contribution is 0.350. The van der Waals surface area contributed by atoms with Crippen LogP contribution in [-0.4, -0.2) is 22.1 Å². The monoisotopic (exact) mass is 373 g/mol. The van der Waals surface area contributed by atoms with E-state index in [-0.39, 0.29) is 6.04 Å². The third-order valence-corrected chi connectivity index (χ3v) is 5.29. The van der Waals surface area contributed by atoms with E-state index < -0.39 is 0 Å². The number of benzene rings is 1. The maximum atomic E-state index is 6.00. The summed E-state index contributed by atoms with van der Waals surface area (Å²) < 4.78 is 6.30. The van der Waals surface area contributed by atoms with Gasteiger partial charge in [-0.15, -0.1) is 11.8 Å². The van der Waals surface area contributed by atoms with E-state index in [2.05, 4.69) is 38.4 Å². The van der Waals surface area contributed by atoms with Gasteiger partial charge in [0.1, 0.15) is 0 Å². The Morgan fingerprint density at radius 1 is 1.40 bits per heavy atom. The zero-order valence-electron chi connectivity index (χ0n) is 11.1. The van der Waals surface area contributed by atoms with Crippen LogP contribution in [0.4, 0.5) is 0 Å². The summed E-state index contributed by atoms with van der Waals surface area (Å²) in [5, 5.41) is 3.98. The molecule has 1 aromatic heterocycles. The molecule has 0 aliphatic rings. The highest BCUT2D eigenvalue weighted by Gasteiger charge is 2.14. The van der Waals surface area contributed by atoms with Crippen LogP contribution in [0.1, 0.15) is 24.2 Å². The van der Waals surface area contributed by atoms with Crippen molar-refractivity contribution in [2.75, 3.05) is 12.0 Å². The zero-order chi connectivity index (χ0) is 14.4. The van der Waals surface area contributed by atoms with Gasteiger partial charge in [0.25, 0.3) is 0 Å². The van der Waals surface area contributed by atoms with Crippen molar-refractivity contribution in [2.45, 2.75) is 23.1 Å². The maximum Gasteiger partial charge on any atom is 0.243 e. The number of thioether (sulfide) groups is 2. The van der Waals surface area contributed by atoms with Crippen LogP contribution in [0.25, 0.3) is 0 Å². The lowest BCUT2D eigenvalue weighted by Gasteiger charge is -2.03. The average Bonchev–Trinajstić information content (AvgIpc) is 2.93. The molecule has 2 N–H and O–H groups in total. The fraction of sp³-hybridized carbons (Fsp3) is 0.385. The van der Waals surface area contributed by atoms with E-state index in [0.717, 1.165) is 21.5 Å². The van der Waals surface area contributed by atoms with Crippen molar-refractivity contribution in [1.82, 2.24) is 10.1 Å². The van der Waals surface area contributed by atoms with Crippen molar-refractivity contribution in [3.05, 3.63) is 40.5 Å². The SMILES string of the molecule is CSCCC(N)c1nc(CSc2ccccc2Br)no1. The molecule has 0 amide bonds. The number of rotatable bonds is 7. The molecule has 7 heteroatoms. The molecule has 0 aliphatic carbocycles. The number of nitrogens with zero attached hydrogens (tertiary/aromatic N) is 2. The molecule has 0 saturated carbocycles.